The van der Waals surface area contributed by atoms with Crippen molar-refractivity contribution in [3.05, 3.63) is 0 Å². The lowest BCUT2D eigenvalue weighted by atomic mass is 10.0. The number of rotatable bonds is 7. The monoisotopic (exact) mass is 319 g/mol. The second kappa shape index (κ2) is 7.87. The molecule has 3 atom stereocenters. The van der Waals surface area contributed by atoms with Crippen LogP contribution in [-0.2, 0) is 14.9 Å². The summed E-state index contributed by atoms with van der Waals surface area (Å²) in [5, 5.41) is 3.10. The molecule has 0 spiro atoms. The third kappa shape index (κ3) is 4.39. The molecule has 0 aromatic carbocycles. The molecule has 7 heteroatoms. The zero-order valence-corrected chi connectivity index (χ0v) is 14.0. The summed E-state index contributed by atoms with van der Waals surface area (Å²) in [6.07, 6.45) is 5.07. The maximum Gasteiger partial charge on any atom is 0.279 e. The fourth-order valence-electron chi connectivity index (χ4n) is 3.40. The van der Waals surface area contributed by atoms with Crippen LogP contribution in [0.1, 0.15) is 39.0 Å². The van der Waals surface area contributed by atoms with Gasteiger partial charge in [0.25, 0.3) is 10.2 Å². The molecule has 0 radical (unpaired) electrons. The van der Waals surface area contributed by atoms with E-state index in [1.807, 2.05) is 7.05 Å². The second-order valence-electron chi connectivity index (χ2n) is 6.04. The first kappa shape index (κ1) is 17.1. The largest absolute Gasteiger partial charge is 0.378 e. The van der Waals surface area contributed by atoms with Crippen LogP contribution in [0.4, 0.5) is 0 Å². The van der Waals surface area contributed by atoms with Crippen LogP contribution in [0.15, 0.2) is 0 Å². The molecular weight excluding hydrogens is 290 g/mol. The number of hydrogen-bond acceptors (Lipinski definition) is 4. The van der Waals surface area contributed by atoms with E-state index >= 15 is 0 Å². The van der Waals surface area contributed by atoms with Crippen molar-refractivity contribution < 1.29 is 13.2 Å². The molecule has 2 rings (SSSR count). The van der Waals surface area contributed by atoms with E-state index in [4.69, 9.17) is 4.74 Å². The summed E-state index contributed by atoms with van der Waals surface area (Å²) in [5.74, 6) is 0.303. The Labute approximate surface area is 128 Å². The fourth-order valence-corrected chi connectivity index (χ4v) is 4.94. The van der Waals surface area contributed by atoms with E-state index in [0.717, 1.165) is 38.7 Å². The van der Waals surface area contributed by atoms with Crippen LogP contribution in [0.3, 0.4) is 0 Å². The van der Waals surface area contributed by atoms with E-state index in [-0.39, 0.29) is 12.1 Å². The molecule has 0 bridgehead atoms. The average Bonchev–Trinajstić information content (AvgIpc) is 2.93. The van der Waals surface area contributed by atoms with Crippen LogP contribution >= 0.6 is 0 Å². The molecule has 124 valence electrons. The van der Waals surface area contributed by atoms with Crippen LogP contribution in [0.5, 0.6) is 0 Å². The minimum Gasteiger partial charge on any atom is -0.378 e. The number of hydrogen-bond donors (Lipinski definition) is 2. The Hall–Kier alpha value is -0.210. The van der Waals surface area contributed by atoms with Gasteiger partial charge in [-0.05, 0) is 32.7 Å². The van der Waals surface area contributed by atoms with Gasteiger partial charge in [0.15, 0.2) is 0 Å². The van der Waals surface area contributed by atoms with Gasteiger partial charge in [-0.3, -0.25) is 0 Å². The Bertz CT molecular complexity index is 414. The van der Waals surface area contributed by atoms with E-state index in [2.05, 4.69) is 17.0 Å². The molecular formula is C14H29N3O3S. The smallest absolute Gasteiger partial charge is 0.279 e. The van der Waals surface area contributed by atoms with Crippen LogP contribution in [0.2, 0.25) is 0 Å². The van der Waals surface area contributed by atoms with Crippen molar-refractivity contribution in [2.24, 2.45) is 5.92 Å². The number of nitrogens with one attached hydrogen (secondary N) is 2. The van der Waals surface area contributed by atoms with Gasteiger partial charge in [-0.2, -0.15) is 12.7 Å². The fraction of sp³-hybridized carbons (Fsp3) is 1.00. The molecule has 3 unspecified atom stereocenters. The summed E-state index contributed by atoms with van der Waals surface area (Å²) < 4.78 is 35.2. The average molecular weight is 319 g/mol. The molecule has 0 aromatic heterocycles. The summed E-state index contributed by atoms with van der Waals surface area (Å²) in [4.78, 5) is 0. The first-order valence-corrected chi connectivity index (χ1v) is 9.55. The van der Waals surface area contributed by atoms with Gasteiger partial charge in [-0.25, -0.2) is 4.72 Å². The highest BCUT2D eigenvalue weighted by molar-refractivity contribution is 7.87. The molecule has 21 heavy (non-hydrogen) atoms. The quantitative estimate of drug-likeness (QED) is 0.725. The van der Waals surface area contributed by atoms with Crippen molar-refractivity contribution in [3.8, 4) is 0 Å². The lowest BCUT2D eigenvalue weighted by molar-refractivity contribution is 0.0883. The molecule has 2 saturated heterocycles. The van der Waals surface area contributed by atoms with Gasteiger partial charge in [-0.1, -0.05) is 13.3 Å². The standard InChI is InChI=1S/C14H29N3O3S/c1-3-14-12(7-9-20-14)10-16-21(18,19)17-8-5-4-6-13(17)11-15-2/h12-16H,3-11H2,1-2H3. The zero-order chi connectivity index (χ0) is 15.3. The van der Waals surface area contributed by atoms with Crippen molar-refractivity contribution in [2.75, 3.05) is 33.3 Å². The predicted octanol–water partition coefficient (Wildman–Crippen LogP) is 0.710. The van der Waals surface area contributed by atoms with Crippen LogP contribution in [-0.4, -0.2) is 58.2 Å². The third-order valence-electron chi connectivity index (χ3n) is 4.60. The molecule has 2 aliphatic heterocycles. The molecule has 2 fully saturated rings. The van der Waals surface area contributed by atoms with Gasteiger partial charge in [0.05, 0.1) is 6.10 Å². The highest BCUT2D eigenvalue weighted by atomic mass is 32.2. The summed E-state index contributed by atoms with van der Waals surface area (Å²) in [7, 11) is -1.52. The first-order chi connectivity index (χ1) is 10.1. The molecule has 2 aliphatic rings. The molecule has 0 saturated carbocycles. The second-order valence-corrected chi connectivity index (χ2v) is 7.75. The van der Waals surface area contributed by atoms with Gasteiger partial charge in [-0.15, -0.1) is 0 Å². The summed E-state index contributed by atoms with van der Waals surface area (Å²) >= 11 is 0. The molecule has 2 heterocycles. The minimum absolute atomic E-state index is 0.0723. The topological polar surface area (TPSA) is 70.7 Å². The van der Waals surface area contributed by atoms with Crippen LogP contribution in [0.25, 0.3) is 0 Å². The lowest BCUT2D eigenvalue weighted by Crippen LogP contribution is -2.52. The van der Waals surface area contributed by atoms with Gasteiger partial charge >= 0.3 is 0 Å². The molecule has 0 aliphatic carbocycles. The third-order valence-corrected chi connectivity index (χ3v) is 6.23. The summed E-state index contributed by atoms with van der Waals surface area (Å²) in [5.41, 5.74) is 0. The van der Waals surface area contributed by atoms with E-state index in [9.17, 15) is 8.42 Å². The maximum atomic E-state index is 12.6. The van der Waals surface area contributed by atoms with Gasteiger partial charge in [0.1, 0.15) is 0 Å². The Morgan fingerprint density at radius 3 is 2.76 bits per heavy atom. The molecule has 2 N–H and O–H groups in total. The van der Waals surface area contributed by atoms with E-state index in [1.54, 1.807) is 4.31 Å². The van der Waals surface area contributed by atoms with Crippen molar-refractivity contribution in [1.82, 2.24) is 14.3 Å². The van der Waals surface area contributed by atoms with Gasteiger partial charge in [0, 0.05) is 38.2 Å². The Kier molecular flexibility index (Phi) is 6.43. The van der Waals surface area contributed by atoms with Crippen molar-refractivity contribution >= 4 is 10.2 Å². The van der Waals surface area contributed by atoms with E-state index < -0.39 is 10.2 Å². The maximum absolute atomic E-state index is 12.6. The molecule has 0 aromatic rings. The van der Waals surface area contributed by atoms with E-state index in [1.165, 1.54) is 0 Å². The lowest BCUT2D eigenvalue weighted by Gasteiger charge is -2.34. The van der Waals surface area contributed by atoms with Crippen molar-refractivity contribution in [3.63, 3.8) is 0 Å². The minimum atomic E-state index is -3.39. The number of nitrogens with zero attached hydrogens (tertiary/aromatic N) is 1. The number of ether oxygens (including phenoxy) is 1. The van der Waals surface area contributed by atoms with Crippen LogP contribution < -0.4 is 10.0 Å². The highest BCUT2D eigenvalue weighted by Gasteiger charge is 2.33. The van der Waals surface area contributed by atoms with Crippen LogP contribution in [0, 0.1) is 5.92 Å². The first-order valence-electron chi connectivity index (χ1n) is 8.11. The van der Waals surface area contributed by atoms with Gasteiger partial charge in [0.2, 0.25) is 0 Å². The summed E-state index contributed by atoms with van der Waals surface area (Å²) in [6, 6.07) is 0.0723. The SMILES string of the molecule is CCC1OCCC1CNS(=O)(=O)N1CCCCC1CNC. The number of piperidine rings is 1. The van der Waals surface area contributed by atoms with E-state index in [0.29, 0.717) is 25.6 Å². The zero-order valence-electron chi connectivity index (χ0n) is 13.2. The molecule has 0 amide bonds. The Balaban J connectivity index is 1.93. The van der Waals surface area contributed by atoms with Gasteiger partial charge < -0.3 is 10.1 Å². The summed E-state index contributed by atoms with van der Waals surface area (Å²) in [6.45, 7) is 4.66. The Morgan fingerprint density at radius 1 is 1.24 bits per heavy atom. The number of likely N-dealkylation sites (N-methyl/N-ethyl adjacent to an activating group) is 1. The predicted molar refractivity (Wildman–Crippen MR) is 83.3 cm³/mol. The molecule has 6 nitrogen and oxygen atoms in total. The highest BCUT2D eigenvalue weighted by Crippen LogP contribution is 2.24. The Morgan fingerprint density at radius 2 is 2.05 bits per heavy atom. The normalized spacial score (nSPS) is 31.6. The van der Waals surface area contributed by atoms with Crippen molar-refractivity contribution in [2.45, 2.75) is 51.2 Å². The van der Waals surface area contributed by atoms with Crippen molar-refractivity contribution in [1.29, 1.82) is 0 Å².